The number of para-hydroxylation sites is 2. The van der Waals surface area contributed by atoms with E-state index in [1.54, 1.807) is 0 Å². The Hall–Kier alpha value is -2.23. The van der Waals surface area contributed by atoms with Gasteiger partial charge in [-0.1, -0.05) is 32.0 Å². The zero-order chi connectivity index (χ0) is 16.5. The normalized spacial score (nSPS) is 12.9. The third-order valence-electron chi connectivity index (χ3n) is 4.02. The SMILES string of the molecule is CC(C)c1cnc2c(n1)N(c1ccccc1)[CH-]N2c1[c-]cccc1.[Ir]. The molecule has 0 bridgehead atoms. The van der Waals surface area contributed by atoms with E-state index in [0.29, 0.717) is 5.92 Å². The Labute approximate surface area is 161 Å². The summed E-state index contributed by atoms with van der Waals surface area (Å²) < 4.78 is 0. The Bertz CT molecular complexity index is 837. The van der Waals surface area contributed by atoms with Crippen LogP contribution in [0, 0.1) is 12.7 Å². The fourth-order valence-corrected chi connectivity index (χ4v) is 2.71. The van der Waals surface area contributed by atoms with Crippen molar-refractivity contribution in [2.45, 2.75) is 19.8 Å². The maximum atomic E-state index is 4.86. The van der Waals surface area contributed by atoms with Gasteiger partial charge in [0.2, 0.25) is 0 Å². The van der Waals surface area contributed by atoms with Gasteiger partial charge in [-0.2, -0.15) is 30.3 Å². The first kappa shape index (κ1) is 17.6. The standard InChI is InChI=1S/C20H18N4.Ir/c1-15(2)18-13-21-19-20(22-18)24(17-11-7-4-8-12-17)14-23(19)16-9-5-3-6-10-16;/h3-9,11-15H,1-2H3;/q-2;. The van der Waals surface area contributed by atoms with Gasteiger partial charge in [-0.25, -0.2) is 9.97 Å². The molecule has 0 atom stereocenters. The van der Waals surface area contributed by atoms with E-state index in [9.17, 15) is 0 Å². The average molecular weight is 507 g/mol. The molecule has 3 aromatic rings. The summed E-state index contributed by atoms with van der Waals surface area (Å²) in [7, 11) is 0. The number of hydrogen-bond donors (Lipinski definition) is 0. The van der Waals surface area contributed by atoms with Crippen molar-refractivity contribution in [3.05, 3.63) is 79.2 Å². The van der Waals surface area contributed by atoms with Gasteiger partial charge in [-0.05, 0) is 18.1 Å². The largest absolute Gasteiger partial charge is 0.477 e. The Morgan fingerprint density at radius 2 is 1.72 bits per heavy atom. The van der Waals surface area contributed by atoms with E-state index < -0.39 is 0 Å². The summed E-state index contributed by atoms with van der Waals surface area (Å²) >= 11 is 0. The van der Waals surface area contributed by atoms with E-state index in [1.807, 2.05) is 60.2 Å². The minimum Gasteiger partial charge on any atom is -0.477 e. The Morgan fingerprint density at radius 1 is 0.960 bits per heavy atom. The molecule has 5 heteroatoms. The van der Waals surface area contributed by atoms with E-state index in [2.05, 4.69) is 41.9 Å². The second-order valence-corrected chi connectivity index (χ2v) is 6.04. The number of aromatic nitrogens is 2. The van der Waals surface area contributed by atoms with Gasteiger partial charge >= 0.3 is 0 Å². The molecular formula is C20H18IrN4-2. The zero-order valence-corrected chi connectivity index (χ0v) is 16.4. The summed E-state index contributed by atoms with van der Waals surface area (Å²) in [5.41, 5.74) is 3.00. The first-order chi connectivity index (χ1) is 11.7. The number of anilines is 4. The second-order valence-electron chi connectivity index (χ2n) is 6.04. The molecular weight excluding hydrogens is 488 g/mol. The third-order valence-corrected chi connectivity index (χ3v) is 4.02. The molecule has 0 fully saturated rings. The molecule has 2 heterocycles. The minimum absolute atomic E-state index is 0. The molecule has 0 N–H and O–H groups in total. The van der Waals surface area contributed by atoms with E-state index in [1.165, 1.54) is 0 Å². The van der Waals surface area contributed by atoms with Crippen molar-refractivity contribution in [1.82, 2.24) is 9.97 Å². The Balaban J connectivity index is 0.00000182. The zero-order valence-electron chi connectivity index (χ0n) is 14.1. The molecule has 1 aromatic heterocycles. The van der Waals surface area contributed by atoms with Crippen LogP contribution in [0.5, 0.6) is 0 Å². The van der Waals surface area contributed by atoms with Crippen molar-refractivity contribution in [2.24, 2.45) is 0 Å². The van der Waals surface area contributed by atoms with Gasteiger partial charge in [0.1, 0.15) is 11.6 Å². The fourth-order valence-electron chi connectivity index (χ4n) is 2.71. The van der Waals surface area contributed by atoms with Crippen LogP contribution >= 0.6 is 0 Å². The molecule has 0 spiro atoms. The molecule has 4 nitrogen and oxygen atoms in total. The molecule has 0 unspecified atom stereocenters. The van der Waals surface area contributed by atoms with Gasteiger partial charge in [0.15, 0.2) is 0 Å². The Morgan fingerprint density at radius 3 is 2.40 bits per heavy atom. The molecule has 0 amide bonds. The minimum atomic E-state index is 0. The first-order valence-corrected chi connectivity index (χ1v) is 8.06. The van der Waals surface area contributed by atoms with Crippen molar-refractivity contribution in [1.29, 1.82) is 0 Å². The number of fused-ring (bicyclic) bond motifs is 1. The summed E-state index contributed by atoms with van der Waals surface area (Å²) in [5.74, 6) is 2.01. The van der Waals surface area contributed by atoms with Crippen molar-refractivity contribution in [3.63, 3.8) is 0 Å². The molecule has 1 radical (unpaired) electrons. The first-order valence-electron chi connectivity index (χ1n) is 8.06. The van der Waals surface area contributed by atoms with E-state index in [4.69, 9.17) is 4.98 Å². The van der Waals surface area contributed by atoms with Gasteiger partial charge in [-0.15, -0.1) is 12.4 Å². The van der Waals surface area contributed by atoms with E-state index >= 15 is 0 Å². The topological polar surface area (TPSA) is 32.3 Å². The van der Waals surface area contributed by atoms with Crippen LogP contribution in [-0.4, -0.2) is 9.97 Å². The van der Waals surface area contributed by atoms with Gasteiger partial charge in [0.25, 0.3) is 0 Å². The maximum Gasteiger partial charge on any atom is 0.146 e. The average Bonchev–Trinajstić information content (AvgIpc) is 3.02. The molecule has 1 aliphatic heterocycles. The molecule has 0 saturated carbocycles. The quantitative estimate of drug-likeness (QED) is 0.478. The monoisotopic (exact) mass is 507 g/mol. The summed E-state index contributed by atoms with van der Waals surface area (Å²) in [6.45, 7) is 6.28. The van der Waals surface area contributed by atoms with Crippen LogP contribution < -0.4 is 9.80 Å². The predicted molar refractivity (Wildman–Crippen MR) is 96.4 cm³/mol. The molecule has 0 aliphatic carbocycles. The molecule has 25 heavy (non-hydrogen) atoms. The van der Waals surface area contributed by atoms with E-state index in [-0.39, 0.29) is 20.1 Å². The van der Waals surface area contributed by atoms with Crippen LogP contribution in [0.25, 0.3) is 0 Å². The maximum absolute atomic E-state index is 4.86. The van der Waals surface area contributed by atoms with Crippen LogP contribution in [0.2, 0.25) is 0 Å². The smallest absolute Gasteiger partial charge is 0.146 e. The number of nitrogens with zero attached hydrogens (tertiary/aromatic N) is 4. The van der Waals surface area contributed by atoms with Gasteiger partial charge < -0.3 is 9.80 Å². The van der Waals surface area contributed by atoms with Crippen molar-refractivity contribution < 1.29 is 20.1 Å². The molecule has 0 saturated heterocycles. The Kier molecular flexibility index (Phi) is 5.16. The second kappa shape index (κ2) is 7.34. The van der Waals surface area contributed by atoms with Crippen LogP contribution in [0.15, 0.2) is 60.8 Å². The predicted octanol–water partition coefficient (Wildman–Crippen LogP) is 4.81. The van der Waals surface area contributed by atoms with Gasteiger partial charge in [0.05, 0.1) is 11.9 Å². The summed E-state index contributed by atoms with van der Waals surface area (Å²) in [5, 5.41) is 0. The van der Waals surface area contributed by atoms with E-state index in [0.717, 1.165) is 28.7 Å². The van der Waals surface area contributed by atoms with Crippen LogP contribution in [0.1, 0.15) is 25.5 Å². The van der Waals surface area contributed by atoms with Crippen molar-refractivity contribution in [3.8, 4) is 0 Å². The molecule has 1 aliphatic rings. The number of benzene rings is 2. The third kappa shape index (κ3) is 3.30. The van der Waals surface area contributed by atoms with Crippen molar-refractivity contribution in [2.75, 3.05) is 9.80 Å². The molecule has 129 valence electrons. The summed E-state index contributed by atoms with van der Waals surface area (Å²) in [4.78, 5) is 13.7. The summed E-state index contributed by atoms with van der Waals surface area (Å²) in [6, 6.07) is 21.4. The molecule has 4 rings (SSSR count). The molecule has 2 aromatic carbocycles. The van der Waals surface area contributed by atoms with Crippen LogP contribution in [0.3, 0.4) is 0 Å². The van der Waals surface area contributed by atoms with Crippen LogP contribution in [0.4, 0.5) is 23.0 Å². The number of rotatable bonds is 3. The number of hydrogen-bond acceptors (Lipinski definition) is 4. The van der Waals surface area contributed by atoms with Crippen molar-refractivity contribution >= 4 is 23.0 Å². The van der Waals surface area contributed by atoms with Gasteiger partial charge in [-0.3, -0.25) is 0 Å². The van der Waals surface area contributed by atoms with Gasteiger partial charge in [0, 0.05) is 25.8 Å². The fraction of sp³-hybridized carbons (Fsp3) is 0.150. The van der Waals surface area contributed by atoms with Crippen LogP contribution in [-0.2, 0) is 20.1 Å². The summed E-state index contributed by atoms with van der Waals surface area (Å²) in [6.07, 6.45) is 1.86.